The fourth-order valence-corrected chi connectivity index (χ4v) is 2.39. The summed E-state index contributed by atoms with van der Waals surface area (Å²) in [6.07, 6.45) is -6.39. The first-order valence-electron chi connectivity index (χ1n) is 6.15. The minimum absolute atomic E-state index is 0.00904. The molecule has 140 valence electrons. The number of aliphatic hydroxyl groups is 6. The second-order valence-corrected chi connectivity index (χ2v) is 6.29. The monoisotopic (exact) mass is 446 g/mol. The molecule has 0 aliphatic carbocycles. The fraction of sp³-hybridized carbons (Fsp3) is 0.500. The van der Waals surface area contributed by atoms with E-state index in [0.717, 1.165) is 0 Å². The number of aliphatic hydroxyl groups excluding tert-OH is 6. The van der Waals surface area contributed by atoms with Gasteiger partial charge in [0.15, 0.2) is 5.75 Å². The number of aromatic hydroxyl groups is 1. The van der Waals surface area contributed by atoms with Gasteiger partial charge in [0.25, 0.3) is 0 Å². The van der Waals surface area contributed by atoms with E-state index in [1.54, 1.807) is 0 Å². The van der Waals surface area contributed by atoms with Gasteiger partial charge in [0.2, 0.25) is 0 Å². The maximum Gasteiger partial charge on any atom is 0.155 e. The van der Waals surface area contributed by atoms with Crippen LogP contribution in [-0.2, 0) is 0 Å². The highest BCUT2D eigenvalue weighted by atomic mass is 35.5. The number of phenolic OH excluding ortho intramolecular Hbond substituents is 1. The van der Waals surface area contributed by atoms with Crippen LogP contribution < -0.4 is 0 Å². The molecule has 0 fully saturated rings. The van der Waals surface area contributed by atoms with Crippen molar-refractivity contribution in [3.05, 3.63) is 25.1 Å². The lowest BCUT2D eigenvalue weighted by Crippen LogP contribution is -2.46. The molecule has 0 heterocycles. The van der Waals surface area contributed by atoms with Crippen LogP contribution in [-0.4, -0.2) is 73.4 Å². The van der Waals surface area contributed by atoms with E-state index < -0.39 is 37.6 Å². The van der Waals surface area contributed by atoms with Crippen LogP contribution in [0.25, 0.3) is 0 Å². The molecule has 0 amide bonds. The standard InChI is InChI=1S/C6HCl5O.C6H14O6/c7-1-2(8)4(10)6(12)5(11)3(1)9;7-1-3(9)5(11)6(12)4(10)2-8/h12H;3-12H,1-2H2/t;3-,4+,5-,6-/m.1/s1. The molecule has 0 aliphatic heterocycles. The highest BCUT2D eigenvalue weighted by molar-refractivity contribution is 6.55. The lowest BCUT2D eigenvalue weighted by molar-refractivity contribution is -0.123. The van der Waals surface area contributed by atoms with Crippen LogP contribution in [0.15, 0.2) is 0 Å². The van der Waals surface area contributed by atoms with E-state index in [1.165, 1.54) is 0 Å². The summed E-state index contributed by atoms with van der Waals surface area (Å²) in [6.45, 7) is -1.45. The molecule has 4 atom stereocenters. The molecule has 1 aromatic carbocycles. The topological polar surface area (TPSA) is 142 Å². The fourth-order valence-electron chi connectivity index (χ4n) is 1.26. The van der Waals surface area contributed by atoms with Gasteiger partial charge in [-0.1, -0.05) is 58.0 Å². The van der Waals surface area contributed by atoms with Gasteiger partial charge in [-0.05, 0) is 0 Å². The van der Waals surface area contributed by atoms with Gasteiger partial charge in [-0.25, -0.2) is 0 Å². The zero-order valence-electron chi connectivity index (χ0n) is 11.7. The number of hydrogen-bond donors (Lipinski definition) is 7. The van der Waals surface area contributed by atoms with Crippen LogP contribution in [0, 0.1) is 0 Å². The third-order valence-electron chi connectivity index (χ3n) is 2.70. The Morgan fingerprint density at radius 1 is 0.583 bits per heavy atom. The maximum absolute atomic E-state index is 9.20. The van der Waals surface area contributed by atoms with Crippen molar-refractivity contribution >= 4 is 58.0 Å². The van der Waals surface area contributed by atoms with Crippen LogP contribution in [0.3, 0.4) is 0 Å². The maximum atomic E-state index is 9.20. The van der Waals surface area contributed by atoms with Crippen molar-refractivity contribution in [2.45, 2.75) is 24.4 Å². The van der Waals surface area contributed by atoms with Crippen molar-refractivity contribution in [3.63, 3.8) is 0 Å². The second kappa shape index (κ2) is 11.1. The molecule has 0 radical (unpaired) electrons. The summed E-state index contributed by atoms with van der Waals surface area (Å²) < 4.78 is 0. The average molecular weight is 449 g/mol. The van der Waals surface area contributed by atoms with Crippen molar-refractivity contribution in [3.8, 4) is 5.75 Å². The van der Waals surface area contributed by atoms with Gasteiger partial charge in [0.1, 0.15) is 34.5 Å². The minimum atomic E-state index is -1.67. The van der Waals surface area contributed by atoms with Gasteiger partial charge in [0, 0.05) is 0 Å². The number of phenols is 1. The number of benzene rings is 1. The SMILES string of the molecule is OC[C@@H](O)[C@@H](O)[C@H](O)[C@@H](O)CO.Oc1c(Cl)c(Cl)c(Cl)c(Cl)c1Cl. The van der Waals surface area contributed by atoms with Crippen LogP contribution in [0.2, 0.25) is 25.1 Å². The average Bonchev–Trinajstić information content (AvgIpc) is 2.60. The zero-order chi connectivity index (χ0) is 19.2. The summed E-state index contributed by atoms with van der Waals surface area (Å²) in [6, 6.07) is 0. The van der Waals surface area contributed by atoms with Gasteiger partial charge < -0.3 is 35.7 Å². The molecule has 0 bridgehead atoms. The van der Waals surface area contributed by atoms with Crippen molar-refractivity contribution in [1.82, 2.24) is 0 Å². The van der Waals surface area contributed by atoms with Gasteiger partial charge in [-0.3, -0.25) is 0 Å². The van der Waals surface area contributed by atoms with Crippen LogP contribution in [0.4, 0.5) is 0 Å². The van der Waals surface area contributed by atoms with Crippen LogP contribution >= 0.6 is 58.0 Å². The van der Waals surface area contributed by atoms with Crippen LogP contribution in [0.5, 0.6) is 5.75 Å². The van der Waals surface area contributed by atoms with E-state index in [4.69, 9.17) is 88.6 Å². The van der Waals surface area contributed by atoms with Crippen molar-refractivity contribution in [2.75, 3.05) is 13.2 Å². The molecule has 0 saturated heterocycles. The molecule has 12 heteroatoms. The van der Waals surface area contributed by atoms with E-state index in [-0.39, 0.29) is 30.9 Å². The van der Waals surface area contributed by atoms with Crippen molar-refractivity contribution < 1.29 is 35.7 Å². The predicted molar refractivity (Wildman–Crippen MR) is 91.4 cm³/mol. The summed E-state index contributed by atoms with van der Waals surface area (Å²) in [5.41, 5.74) is 0. The van der Waals surface area contributed by atoms with Crippen molar-refractivity contribution in [2.24, 2.45) is 0 Å². The lowest BCUT2D eigenvalue weighted by atomic mass is 10.0. The Kier molecular flexibility index (Phi) is 11.2. The molecule has 7 nitrogen and oxygen atoms in total. The van der Waals surface area contributed by atoms with E-state index in [0.29, 0.717) is 0 Å². The van der Waals surface area contributed by atoms with Gasteiger partial charge in [-0.2, -0.15) is 0 Å². The first kappa shape index (κ1) is 24.2. The molecule has 0 saturated carbocycles. The Bertz CT molecular complexity index is 426. The zero-order valence-corrected chi connectivity index (χ0v) is 15.5. The summed E-state index contributed by atoms with van der Waals surface area (Å²) in [7, 11) is 0. The minimum Gasteiger partial charge on any atom is -0.505 e. The Hall–Kier alpha value is 0.230. The molecule has 0 aromatic heterocycles. The van der Waals surface area contributed by atoms with Gasteiger partial charge >= 0.3 is 0 Å². The van der Waals surface area contributed by atoms with Crippen molar-refractivity contribution in [1.29, 1.82) is 0 Å². The van der Waals surface area contributed by atoms with E-state index in [9.17, 15) is 5.11 Å². The molecule has 0 unspecified atom stereocenters. The first-order chi connectivity index (χ1) is 11.0. The summed E-state index contributed by atoms with van der Waals surface area (Å²) in [5.74, 6) is -0.363. The van der Waals surface area contributed by atoms with E-state index in [2.05, 4.69) is 0 Å². The number of rotatable bonds is 5. The Morgan fingerprint density at radius 3 is 1.08 bits per heavy atom. The largest absolute Gasteiger partial charge is 0.505 e. The highest BCUT2D eigenvalue weighted by Gasteiger charge is 2.29. The number of halogens is 5. The molecular weight excluding hydrogens is 433 g/mol. The van der Waals surface area contributed by atoms with E-state index >= 15 is 0 Å². The molecule has 1 rings (SSSR count). The quantitative estimate of drug-likeness (QED) is 0.264. The Morgan fingerprint density at radius 2 is 0.833 bits per heavy atom. The van der Waals surface area contributed by atoms with Gasteiger partial charge in [-0.15, -0.1) is 0 Å². The molecule has 0 spiro atoms. The summed E-state index contributed by atoms with van der Waals surface area (Å²) in [4.78, 5) is 0. The normalized spacial score (nSPS) is 16.0. The molecule has 0 aliphatic rings. The Balaban J connectivity index is 0.000000441. The lowest BCUT2D eigenvalue weighted by Gasteiger charge is -2.24. The molecule has 7 N–H and O–H groups in total. The molecular formula is C12H15Cl5O7. The summed E-state index contributed by atoms with van der Waals surface area (Å²) in [5, 5.41) is 61.2. The first-order valence-corrected chi connectivity index (χ1v) is 8.04. The third-order valence-corrected chi connectivity index (χ3v) is 4.96. The van der Waals surface area contributed by atoms with E-state index in [1.807, 2.05) is 0 Å². The highest BCUT2D eigenvalue weighted by Crippen LogP contribution is 2.47. The molecule has 1 aromatic rings. The van der Waals surface area contributed by atoms with Gasteiger partial charge in [0.05, 0.1) is 28.3 Å². The molecule has 24 heavy (non-hydrogen) atoms. The third kappa shape index (κ3) is 6.19. The number of hydrogen-bond acceptors (Lipinski definition) is 7. The smallest absolute Gasteiger partial charge is 0.155 e. The Labute approximate surface area is 162 Å². The predicted octanol–water partition coefficient (Wildman–Crippen LogP) is 1.07. The second-order valence-electron chi connectivity index (χ2n) is 4.40. The van der Waals surface area contributed by atoms with Crippen LogP contribution in [0.1, 0.15) is 0 Å². The summed E-state index contributed by atoms with van der Waals surface area (Å²) >= 11 is 27.9.